The van der Waals surface area contributed by atoms with Crippen molar-refractivity contribution in [3.05, 3.63) is 0 Å². The maximum absolute atomic E-state index is 11.6. The average Bonchev–Trinajstić information content (AvgIpc) is 2.14. The van der Waals surface area contributed by atoms with E-state index in [2.05, 4.69) is 29.2 Å². The summed E-state index contributed by atoms with van der Waals surface area (Å²) in [4.78, 5) is 15.9. The number of primary amides is 1. The van der Waals surface area contributed by atoms with Crippen LogP contribution in [-0.4, -0.2) is 68.1 Å². The second kappa shape index (κ2) is 7.71. The summed E-state index contributed by atoms with van der Waals surface area (Å²) in [5.41, 5.74) is 4.84. The van der Waals surface area contributed by atoms with Crippen LogP contribution in [0, 0.1) is 0 Å². The molecule has 1 amide bonds. The third-order valence-electron chi connectivity index (χ3n) is 2.88. The third kappa shape index (κ3) is 6.93. The van der Waals surface area contributed by atoms with E-state index in [1.165, 1.54) is 0 Å². The second-order valence-corrected chi connectivity index (χ2v) is 5.89. The van der Waals surface area contributed by atoms with Crippen molar-refractivity contribution in [1.82, 2.24) is 15.1 Å². The van der Waals surface area contributed by atoms with Crippen LogP contribution in [0.5, 0.6) is 0 Å². The van der Waals surface area contributed by atoms with Crippen LogP contribution in [0.3, 0.4) is 0 Å². The van der Waals surface area contributed by atoms with Gasteiger partial charge in [-0.15, -0.1) is 0 Å². The summed E-state index contributed by atoms with van der Waals surface area (Å²) >= 11 is 0. The number of rotatable bonds is 9. The number of hydrogen-bond acceptors (Lipinski definition) is 4. The standard InChI is InChI=1S/C13H30N4O/c1-11(2)15-13(3,12(14)18)10-17(6)9-7-8-16(4)5/h11,15H,7-10H2,1-6H3,(H2,14,18). The second-order valence-electron chi connectivity index (χ2n) is 5.89. The summed E-state index contributed by atoms with van der Waals surface area (Å²) in [7, 11) is 6.15. The van der Waals surface area contributed by atoms with Gasteiger partial charge in [-0.1, -0.05) is 0 Å². The molecule has 0 aromatic carbocycles. The zero-order valence-corrected chi connectivity index (χ0v) is 12.8. The molecule has 3 N–H and O–H groups in total. The van der Waals surface area contributed by atoms with Crippen molar-refractivity contribution in [3.63, 3.8) is 0 Å². The molecule has 0 aromatic rings. The molecule has 0 fully saturated rings. The molecular formula is C13H30N4O. The van der Waals surface area contributed by atoms with Gasteiger partial charge in [0, 0.05) is 12.6 Å². The molecule has 1 unspecified atom stereocenters. The smallest absolute Gasteiger partial charge is 0.238 e. The number of amides is 1. The highest BCUT2D eigenvalue weighted by Crippen LogP contribution is 2.07. The van der Waals surface area contributed by atoms with E-state index >= 15 is 0 Å². The summed E-state index contributed by atoms with van der Waals surface area (Å²) in [6, 6.07) is 0.234. The van der Waals surface area contributed by atoms with Gasteiger partial charge in [-0.25, -0.2) is 0 Å². The van der Waals surface area contributed by atoms with E-state index in [0.29, 0.717) is 6.54 Å². The van der Waals surface area contributed by atoms with Crippen LogP contribution in [0.25, 0.3) is 0 Å². The topological polar surface area (TPSA) is 61.6 Å². The van der Waals surface area contributed by atoms with Gasteiger partial charge in [0.1, 0.15) is 5.54 Å². The molecule has 0 aromatic heterocycles. The Morgan fingerprint density at radius 3 is 2.22 bits per heavy atom. The van der Waals surface area contributed by atoms with Crippen LogP contribution < -0.4 is 11.1 Å². The maximum Gasteiger partial charge on any atom is 0.238 e. The van der Waals surface area contributed by atoms with Gasteiger partial charge in [0.05, 0.1) is 0 Å². The van der Waals surface area contributed by atoms with Gasteiger partial charge in [0.25, 0.3) is 0 Å². The first kappa shape index (κ1) is 17.4. The molecule has 5 nitrogen and oxygen atoms in total. The minimum Gasteiger partial charge on any atom is -0.368 e. The first-order chi connectivity index (χ1) is 8.17. The predicted molar refractivity (Wildman–Crippen MR) is 76.5 cm³/mol. The molecule has 0 aliphatic heterocycles. The first-order valence-corrected chi connectivity index (χ1v) is 6.58. The molecule has 0 heterocycles. The van der Waals surface area contributed by atoms with Crippen molar-refractivity contribution in [2.24, 2.45) is 5.73 Å². The molecule has 1 atom stereocenters. The molecule has 0 aliphatic carbocycles. The van der Waals surface area contributed by atoms with Crippen molar-refractivity contribution < 1.29 is 4.79 Å². The van der Waals surface area contributed by atoms with Crippen molar-refractivity contribution >= 4 is 5.91 Å². The van der Waals surface area contributed by atoms with Crippen LogP contribution >= 0.6 is 0 Å². The Hall–Kier alpha value is -0.650. The van der Waals surface area contributed by atoms with Gasteiger partial charge in [-0.2, -0.15) is 0 Å². The first-order valence-electron chi connectivity index (χ1n) is 6.58. The lowest BCUT2D eigenvalue weighted by Crippen LogP contribution is -2.61. The van der Waals surface area contributed by atoms with Crippen molar-refractivity contribution in [1.29, 1.82) is 0 Å². The fourth-order valence-electron chi connectivity index (χ4n) is 2.11. The molecule has 0 radical (unpaired) electrons. The minimum atomic E-state index is -0.666. The highest BCUT2D eigenvalue weighted by molar-refractivity contribution is 5.84. The number of likely N-dealkylation sites (N-methyl/N-ethyl adjacent to an activating group) is 1. The fraction of sp³-hybridized carbons (Fsp3) is 0.923. The summed E-state index contributed by atoms with van der Waals surface area (Å²) in [5, 5.41) is 3.26. The molecule has 5 heteroatoms. The van der Waals surface area contributed by atoms with Crippen LogP contribution in [0.15, 0.2) is 0 Å². The Labute approximate surface area is 112 Å². The fourth-order valence-corrected chi connectivity index (χ4v) is 2.11. The quantitative estimate of drug-likeness (QED) is 0.616. The molecule has 0 saturated carbocycles. The number of nitrogens with zero attached hydrogens (tertiary/aromatic N) is 2. The lowest BCUT2D eigenvalue weighted by Gasteiger charge is -2.34. The third-order valence-corrected chi connectivity index (χ3v) is 2.88. The molecule has 18 heavy (non-hydrogen) atoms. The molecule has 108 valence electrons. The average molecular weight is 258 g/mol. The van der Waals surface area contributed by atoms with E-state index in [9.17, 15) is 4.79 Å². The van der Waals surface area contributed by atoms with Gasteiger partial charge in [0.15, 0.2) is 0 Å². The summed E-state index contributed by atoms with van der Waals surface area (Å²) in [6.07, 6.45) is 1.08. The van der Waals surface area contributed by atoms with E-state index in [1.807, 2.05) is 27.8 Å². The van der Waals surface area contributed by atoms with Crippen molar-refractivity contribution in [2.75, 3.05) is 40.8 Å². The number of carbonyl (C=O) groups excluding carboxylic acids is 1. The van der Waals surface area contributed by atoms with E-state index in [1.54, 1.807) is 0 Å². The highest BCUT2D eigenvalue weighted by Gasteiger charge is 2.32. The summed E-state index contributed by atoms with van der Waals surface area (Å²) in [5.74, 6) is -0.296. The molecule has 0 bridgehead atoms. The summed E-state index contributed by atoms with van der Waals surface area (Å²) < 4.78 is 0. The van der Waals surface area contributed by atoms with Crippen molar-refractivity contribution in [3.8, 4) is 0 Å². The zero-order valence-electron chi connectivity index (χ0n) is 12.8. The lowest BCUT2D eigenvalue weighted by molar-refractivity contribution is -0.124. The molecule has 0 spiro atoms. The molecule has 0 aliphatic rings. The van der Waals surface area contributed by atoms with Gasteiger partial charge in [-0.05, 0) is 61.4 Å². The minimum absolute atomic E-state index is 0.234. The Morgan fingerprint density at radius 1 is 1.28 bits per heavy atom. The predicted octanol–water partition coefficient (Wildman–Crippen LogP) is 0.112. The Morgan fingerprint density at radius 2 is 1.83 bits per heavy atom. The Bertz CT molecular complexity index is 255. The molecule has 0 saturated heterocycles. The maximum atomic E-state index is 11.6. The van der Waals surface area contributed by atoms with Gasteiger partial charge < -0.3 is 20.9 Å². The normalized spacial score (nSPS) is 15.4. The van der Waals surface area contributed by atoms with Gasteiger partial charge in [0.2, 0.25) is 5.91 Å². The number of nitrogens with one attached hydrogen (secondary N) is 1. The van der Waals surface area contributed by atoms with Crippen LogP contribution in [-0.2, 0) is 4.79 Å². The van der Waals surface area contributed by atoms with Gasteiger partial charge in [-0.3, -0.25) is 4.79 Å². The molecule has 0 rings (SSSR count). The molecular weight excluding hydrogens is 228 g/mol. The van der Waals surface area contributed by atoms with Gasteiger partial charge >= 0.3 is 0 Å². The number of hydrogen-bond donors (Lipinski definition) is 2. The monoisotopic (exact) mass is 258 g/mol. The van der Waals surface area contributed by atoms with E-state index in [0.717, 1.165) is 19.5 Å². The van der Waals surface area contributed by atoms with Crippen molar-refractivity contribution in [2.45, 2.75) is 38.8 Å². The highest BCUT2D eigenvalue weighted by atomic mass is 16.1. The van der Waals surface area contributed by atoms with Crippen LogP contribution in [0.4, 0.5) is 0 Å². The Balaban J connectivity index is 4.28. The largest absolute Gasteiger partial charge is 0.368 e. The van der Waals surface area contributed by atoms with E-state index < -0.39 is 5.54 Å². The number of carbonyl (C=O) groups is 1. The van der Waals surface area contributed by atoms with E-state index in [4.69, 9.17) is 5.73 Å². The summed E-state index contributed by atoms with van der Waals surface area (Å²) in [6.45, 7) is 8.56. The zero-order chi connectivity index (χ0) is 14.3. The van der Waals surface area contributed by atoms with Crippen LogP contribution in [0.2, 0.25) is 0 Å². The van der Waals surface area contributed by atoms with Crippen LogP contribution in [0.1, 0.15) is 27.2 Å². The lowest BCUT2D eigenvalue weighted by atomic mass is 9.99. The number of nitrogens with two attached hydrogens (primary N) is 1. The SMILES string of the molecule is CC(C)NC(C)(CN(C)CCCN(C)C)C(N)=O. The van der Waals surface area contributed by atoms with E-state index in [-0.39, 0.29) is 11.9 Å². The Kier molecular flexibility index (Phi) is 7.43.